The fraction of sp³-hybridized carbons (Fsp3) is 1.00. The molecule has 1 saturated heterocycles. The molecule has 1 aliphatic heterocycles. The molecule has 1 unspecified atom stereocenters. The highest BCUT2D eigenvalue weighted by Crippen LogP contribution is 2.18. The van der Waals surface area contributed by atoms with E-state index < -0.39 is 0 Å². The molecular formula is C13H28N2O2. The second kappa shape index (κ2) is 6.14. The number of likely N-dealkylation sites (N-methyl/N-ethyl adjacent to an activating group) is 1. The first-order valence-electron chi connectivity index (χ1n) is 6.54. The van der Waals surface area contributed by atoms with E-state index in [-0.39, 0.29) is 17.7 Å². The summed E-state index contributed by atoms with van der Waals surface area (Å²) in [6.45, 7) is 12.7. The first kappa shape index (κ1) is 14.9. The van der Waals surface area contributed by atoms with Gasteiger partial charge in [-0.3, -0.25) is 9.80 Å². The lowest BCUT2D eigenvalue weighted by Gasteiger charge is -2.45. The first-order chi connectivity index (χ1) is 7.81. The molecule has 1 atom stereocenters. The molecule has 17 heavy (non-hydrogen) atoms. The van der Waals surface area contributed by atoms with Gasteiger partial charge in [0.2, 0.25) is 0 Å². The molecule has 0 aromatic heterocycles. The Morgan fingerprint density at radius 3 is 2.47 bits per heavy atom. The number of hydrogen-bond donors (Lipinski definition) is 1. The predicted molar refractivity (Wildman–Crippen MR) is 70.2 cm³/mol. The van der Waals surface area contributed by atoms with Gasteiger partial charge in [-0.2, -0.15) is 0 Å². The zero-order valence-corrected chi connectivity index (χ0v) is 11.9. The van der Waals surface area contributed by atoms with E-state index in [0.717, 1.165) is 19.6 Å². The molecule has 0 amide bonds. The smallest absolute Gasteiger partial charge is 0.0900 e. The van der Waals surface area contributed by atoms with Crippen molar-refractivity contribution in [1.29, 1.82) is 0 Å². The Hall–Kier alpha value is -0.160. The second-order valence-corrected chi connectivity index (χ2v) is 6.01. The minimum atomic E-state index is -0.378. The molecule has 0 bridgehead atoms. The molecule has 0 aromatic carbocycles. The third-order valence-electron chi connectivity index (χ3n) is 3.49. The molecule has 4 nitrogen and oxygen atoms in total. The second-order valence-electron chi connectivity index (χ2n) is 6.01. The zero-order chi connectivity index (χ0) is 13.1. The van der Waals surface area contributed by atoms with E-state index in [1.165, 1.54) is 0 Å². The van der Waals surface area contributed by atoms with Gasteiger partial charge in [-0.05, 0) is 34.7 Å². The number of β-amino-alcohol motifs (C(OH)–C–C–N with tert-alkyl or cyclic N) is 1. The van der Waals surface area contributed by atoms with Crippen molar-refractivity contribution in [3.05, 3.63) is 0 Å². The van der Waals surface area contributed by atoms with Crippen molar-refractivity contribution in [2.75, 3.05) is 39.8 Å². The van der Waals surface area contributed by atoms with Gasteiger partial charge in [-0.25, -0.2) is 0 Å². The molecule has 1 fully saturated rings. The van der Waals surface area contributed by atoms with Crippen molar-refractivity contribution in [1.82, 2.24) is 9.80 Å². The quantitative estimate of drug-likeness (QED) is 0.776. The van der Waals surface area contributed by atoms with Crippen molar-refractivity contribution in [3.8, 4) is 0 Å². The van der Waals surface area contributed by atoms with Crippen molar-refractivity contribution in [2.45, 2.75) is 45.4 Å². The highest BCUT2D eigenvalue weighted by Gasteiger charge is 2.31. The third-order valence-corrected chi connectivity index (χ3v) is 3.49. The predicted octanol–water partition coefficient (Wildman–Crippen LogP) is 0.798. The normalized spacial score (nSPS) is 24.2. The molecule has 0 radical (unpaired) electrons. The fourth-order valence-electron chi connectivity index (χ4n) is 2.15. The third kappa shape index (κ3) is 4.92. The molecule has 102 valence electrons. The van der Waals surface area contributed by atoms with Crippen LogP contribution in [0.15, 0.2) is 0 Å². The van der Waals surface area contributed by atoms with Gasteiger partial charge in [-0.15, -0.1) is 0 Å². The van der Waals surface area contributed by atoms with Crippen molar-refractivity contribution >= 4 is 0 Å². The van der Waals surface area contributed by atoms with E-state index in [0.29, 0.717) is 13.2 Å². The minimum absolute atomic E-state index is 0.189. The molecular weight excluding hydrogens is 216 g/mol. The van der Waals surface area contributed by atoms with E-state index in [9.17, 15) is 5.11 Å². The van der Waals surface area contributed by atoms with Gasteiger partial charge in [0.25, 0.3) is 0 Å². The summed E-state index contributed by atoms with van der Waals surface area (Å²) in [6.07, 6.45) is -0.190. The average molecular weight is 244 g/mol. The van der Waals surface area contributed by atoms with Gasteiger partial charge < -0.3 is 9.84 Å². The van der Waals surface area contributed by atoms with Crippen LogP contribution < -0.4 is 0 Å². The lowest BCUT2D eigenvalue weighted by Crippen LogP contribution is -2.58. The topological polar surface area (TPSA) is 35.9 Å². The van der Waals surface area contributed by atoms with Gasteiger partial charge in [0.1, 0.15) is 0 Å². The van der Waals surface area contributed by atoms with Crippen LogP contribution in [0.1, 0.15) is 27.7 Å². The Balaban J connectivity index is 2.32. The van der Waals surface area contributed by atoms with Crippen molar-refractivity contribution < 1.29 is 9.84 Å². The number of piperazine rings is 1. The molecule has 0 aromatic rings. The molecule has 1 rings (SSSR count). The van der Waals surface area contributed by atoms with E-state index in [1.54, 1.807) is 0 Å². The number of ether oxygens (including phenoxy) is 1. The maximum absolute atomic E-state index is 9.91. The number of rotatable bonds is 5. The van der Waals surface area contributed by atoms with Crippen molar-refractivity contribution in [2.24, 2.45) is 0 Å². The van der Waals surface area contributed by atoms with Crippen molar-refractivity contribution in [3.63, 3.8) is 0 Å². The monoisotopic (exact) mass is 244 g/mol. The number of nitrogens with zero attached hydrogens (tertiary/aromatic N) is 2. The Bertz CT molecular complexity index is 231. The number of aliphatic hydroxyl groups excluding tert-OH is 1. The molecule has 4 heteroatoms. The number of aliphatic hydroxyl groups is 1. The Kier molecular flexibility index (Phi) is 5.38. The van der Waals surface area contributed by atoms with E-state index in [1.807, 2.05) is 13.8 Å². The van der Waals surface area contributed by atoms with Crippen LogP contribution in [0.2, 0.25) is 0 Å². The maximum atomic E-state index is 9.91. The van der Waals surface area contributed by atoms with Crippen LogP contribution in [0.25, 0.3) is 0 Å². The van der Waals surface area contributed by atoms with Crippen LogP contribution in [-0.4, -0.2) is 72.5 Å². The highest BCUT2D eigenvalue weighted by molar-refractivity contribution is 4.88. The summed E-state index contributed by atoms with van der Waals surface area (Å²) in [4.78, 5) is 4.70. The van der Waals surface area contributed by atoms with Crippen LogP contribution in [0.5, 0.6) is 0 Å². The number of hydrogen-bond acceptors (Lipinski definition) is 4. The molecule has 1 N–H and O–H groups in total. The van der Waals surface area contributed by atoms with E-state index >= 15 is 0 Å². The molecule has 0 spiro atoms. The lowest BCUT2D eigenvalue weighted by molar-refractivity contribution is -0.0289. The summed E-state index contributed by atoms with van der Waals surface area (Å²) < 4.78 is 5.43. The summed E-state index contributed by atoms with van der Waals surface area (Å²) in [7, 11) is 2.16. The van der Waals surface area contributed by atoms with Gasteiger partial charge in [0, 0.05) is 31.7 Å². The largest absolute Gasteiger partial charge is 0.389 e. The van der Waals surface area contributed by atoms with Gasteiger partial charge in [-0.1, -0.05) is 0 Å². The molecule has 0 aliphatic carbocycles. The first-order valence-corrected chi connectivity index (χ1v) is 6.54. The average Bonchev–Trinajstić information content (AvgIpc) is 2.20. The lowest BCUT2D eigenvalue weighted by atomic mass is 9.99. The van der Waals surface area contributed by atoms with Gasteiger partial charge >= 0.3 is 0 Å². The van der Waals surface area contributed by atoms with Crippen LogP contribution in [0, 0.1) is 0 Å². The Labute approximate surface area is 106 Å². The Morgan fingerprint density at radius 2 is 1.94 bits per heavy atom. The van der Waals surface area contributed by atoms with E-state index in [4.69, 9.17) is 4.74 Å². The SMILES string of the molecule is CC(C)OCC(O)CN1CCN(C)C(C)(C)C1. The zero-order valence-electron chi connectivity index (χ0n) is 11.9. The highest BCUT2D eigenvalue weighted by atomic mass is 16.5. The minimum Gasteiger partial charge on any atom is -0.389 e. The van der Waals surface area contributed by atoms with Crippen LogP contribution in [-0.2, 0) is 4.74 Å². The van der Waals surface area contributed by atoms with Gasteiger partial charge in [0.05, 0.1) is 18.8 Å². The fourth-order valence-corrected chi connectivity index (χ4v) is 2.15. The summed E-state index contributed by atoms with van der Waals surface area (Å²) in [6, 6.07) is 0. The summed E-state index contributed by atoms with van der Waals surface area (Å²) >= 11 is 0. The van der Waals surface area contributed by atoms with Crippen LogP contribution >= 0.6 is 0 Å². The molecule has 0 saturated carbocycles. The maximum Gasteiger partial charge on any atom is 0.0900 e. The van der Waals surface area contributed by atoms with Crippen LogP contribution in [0.4, 0.5) is 0 Å². The summed E-state index contributed by atoms with van der Waals surface area (Å²) in [5, 5.41) is 9.91. The molecule has 1 aliphatic rings. The standard InChI is InChI=1S/C13H28N2O2/c1-11(2)17-9-12(16)8-15-7-6-14(5)13(3,4)10-15/h11-12,16H,6-10H2,1-5H3. The molecule has 1 heterocycles. The summed E-state index contributed by atoms with van der Waals surface area (Å²) in [5.74, 6) is 0. The van der Waals surface area contributed by atoms with E-state index in [2.05, 4.69) is 30.7 Å². The van der Waals surface area contributed by atoms with Crippen LogP contribution in [0.3, 0.4) is 0 Å². The Morgan fingerprint density at radius 1 is 1.29 bits per heavy atom. The van der Waals surface area contributed by atoms with Gasteiger partial charge in [0.15, 0.2) is 0 Å². The summed E-state index contributed by atoms with van der Waals surface area (Å²) in [5.41, 5.74) is 0.191.